The molecule has 3 aromatic carbocycles. The van der Waals surface area contributed by atoms with Crippen molar-refractivity contribution in [2.24, 2.45) is 11.8 Å². The van der Waals surface area contributed by atoms with Gasteiger partial charge in [0.15, 0.2) is 11.6 Å². The molecule has 2 atom stereocenters. The summed E-state index contributed by atoms with van der Waals surface area (Å²) >= 11 is 0. The van der Waals surface area contributed by atoms with Crippen molar-refractivity contribution in [2.75, 3.05) is 29.6 Å². The number of hydrogen-bond acceptors (Lipinski definition) is 8. The Morgan fingerprint density at radius 2 is 1.50 bits per heavy atom. The van der Waals surface area contributed by atoms with Crippen LogP contribution in [0.4, 0.5) is 23.0 Å². The molecule has 196 valence electrons. The van der Waals surface area contributed by atoms with Crippen LogP contribution >= 0.6 is 0 Å². The van der Waals surface area contributed by atoms with Crippen LogP contribution < -0.4 is 24.8 Å². The number of rotatable bonds is 9. The van der Waals surface area contributed by atoms with Crippen molar-refractivity contribution in [3.8, 4) is 11.5 Å². The number of nitrogens with zero attached hydrogens (tertiary/aromatic N) is 2. The zero-order valence-corrected chi connectivity index (χ0v) is 21.9. The number of ether oxygens (including phenoxy) is 2. The third-order valence-corrected chi connectivity index (χ3v) is 7.61. The van der Waals surface area contributed by atoms with E-state index in [1.165, 1.54) is 26.4 Å². The highest BCUT2D eigenvalue weighted by Crippen LogP contribution is 2.38. The number of benzene rings is 3. The van der Waals surface area contributed by atoms with E-state index < -0.39 is 10.0 Å². The second-order valence-electron chi connectivity index (χ2n) is 9.08. The molecular weight excluding hydrogens is 506 g/mol. The predicted octanol–water partition coefficient (Wildman–Crippen LogP) is 4.79. The maximum atomic E-state index is 13.4. The molecule has 10 nitrogen and oxygen atoms in total. The van der Waals surface area contributed by atoms with Gasteiger partial charge in [-0.3, -0.25) is 9.52 Å². The summed E-state index contributed by atoms with van der Waals surface area (Å²) in [5, 5.41) is 5.94. The number of anilines is 4. The van der Waals surface area contributed by atoms with Crippen molar-refractivity contribution in [2.45, 2.75) is 18.2 Å². The number of carbonyl (C=O) groups excluding carboxylic acids is 1. The van der Waals surface area contributed by atoms with E-state index in [0.717, 1.165) is 6.42 Å². The Morgan fingerprint density at radius 1 is 0.868 bits per heavy atom. The zero-order valence-electron chi connectivity index (χ0n) is 21.1. The Labute approximate surface area is 220 Å². The van der Waals surface area contributed by atoms with Crippen LogP contribution in [0.2, 0.25) is 0 Å². The topological polar surface area (TPSA) is 132 Å². The first-order chi connectivity index (χ1) is 18.3. The summed E-state index contributed by atoms with van der Waals surface area (Å²) in [5.74, 6) is 1.47. The fourth-order valence-electron chi connectivity index (χ4n) is 4.02. The maximum absolute atomic E-state index is 13.4. The molecule has 1 aliphatic carbocycles. The van der Waals surface area contributed by atoms with Gasteiger partial charge in [0.2, 0.25) is 5.91 Å². The average Bonchev–Trinajstić information content (AvgIpc) is 3.65. The zero-order chi connectivity index (χ0) is 26.9. The van der Waals surface area contributed by atoms with Crippen LogP contribution in [0.15, 0.2) is 71.6 Å². The molecule has 0 aliphatic heterocycles. The van der Waals surface area contributed by atoms with Crippen LogP contribution in [-0.2, 0) is 14.8 Å². The van der Waals surface area contributed by atoms with Gasteiger partial charge in [-0.2, -0.15) is 0 Å². The number of amides is 1. The van der Waals surface area contributed by atoms with Crippen LogP contribution in [0.25, 0.3) is 11.0 Å². The van der Waals surface area contributed by atoms with Crippen molar-refractivity contribution < 1.29 is 22.7 Å². The minimum Gasteiger partial charge on any atom is -0.497 e. The van der Waals surface area contributed by atoms with E-state index in [1.54, 1.807) is 48.5 Å². The Bertz CT molecular complexity index is 1600. The van der Waals surface area contributed by atoms with Gasteiger partial charge < -0.3 is 20.1 Å². The molecule has 5 rings (SSSR count). The number of carbonyl (C=O) groups is 1. The van der Waals surface area contributed by atoms with Gasteiger partial charge in [-0.25, -0.2) is 18.4 Å². The van der Waals surface area contributed by atoms with Gasteiger partial charge in [-0.05, 0) is 42.7 Å². The maximum Gasteiger partial charge on any atom is 0.263 e. The van der Waals surface area contributed by atoms with Crippen LogP contribution in [0.5, 0.6) is 11.5 Å². The monoisotopic (exact) mass is 533 g/mol. The molecule has 3 N–H and O–H groups in total. The van der Waals surface area contributed by atoms with E-state index >= 15 is 0 Å². The molecule has 4 aromatic rings. The fraction of sp³-hybridized carbons (Fsp3) is 0.222. The van der Waals surface area contributed by atoms with Crippen LogP contribution in [0.3, 0.4) is 0 Å². The van der Waals surface area contributed by atoms with E-state index in [-0.39, 0.29) is 28.4 Å². The fourth-order valence-corrected chi connectivity index (χ4v) is 5.08. The smallest absolute Gasteiger partial charge is 0.263 e. The van der Waals surface area contributed by atoms with Gasteiger partial charge in [0.25, 0.3) is 10.0 Å². The largest absolute Gasteiger partial charge is 0.497 e. The molecule has 2 unspecified atom stereocenters. The SMILES string of the molecule is COc1cc(Nc2nc3ccccc3nc2NS(=O)(=O)c2cccc(NC(=O)C3CC3C)c2)cc(OC)c1. The van der Waals surface area contributed by atoms with Crippen molar-refractivity contribution in [1.29, 1.82) is 0 Å². The summed E-state index contributed by atoms with van der Waals surface area (Å²) in [5.41, 5.74) is 2.05. The Balaban J connectivity index is 1.48. The summed E-state index contributed by atoms with van der Waals surface area (Å²) < 4.78 is 40.1. The Kier molecular flexibility index (Phi) is 6.77. The molecule has 1 fully saturated rings. The van der Waals surface area contributed by atoms with E-state index in [0.29, 0.717) is 39.8 Å². The normalized spacial score (nSPS) is 16.5. The number of hydrogen-bond donors (Lipinski definition) is 3. The molecule has 38 heavy (non-hydrogen) atoms. The summed E-state index contributed by atoms with van der Waals surface area (Å²) in [6.07, 6.45) is 0.834. The Hall–Kier alpha value is -4.38. The minimum absolute atomic E-state index is 0.00623. The molecule has 0 saturated heterocycles. The summed E-state index contributed by atoms with van der Waals surface area (Å²) in [4.78, 5) is 21.5. The lowest BCUT2D eigenvalue weighted by molar-refractivity contribution is -0.117. The number of para-hydroxylation sites is 2. The molecule has 1 amide bonds. The van der Waals surface area contributed by atoms with Crippen molar-refractivity contribution in [3.05, 3.63) is 66.7 Å². The highest BCUT2D eigenvalue weighted by atomic mass is 32.2. The minimum atomic E-state index is -4.09. The molecule has 1 saturated carbocycles. The lowest BCUT2D eigenvalue weighted by atomic mass is 10.2. The van der Waals surface area contributed by atoms with Crippen LogP contribution in [-0.4, -0.2) is 38.5 Å². The van der Waals surface area contributed by atoms with E-state index in [9.17, 15) is 13.2 Å². The second kappa shape index (κ2) is 10.2. The lowest BCUT2D eigenvalue weighted by Gasteiger charge is -2.15. The highest BCUT2D eigenvalue weighted by molar-refractivity contribution is 7.92. The number of fused-ring (bicyclic) bond motifs is 1. The Morgan fingerprint density at radius 3 is 2.11 bits per heavy atom. The molecule has 1 aromatic heterocycles. The quantitative estimate of drug-likeness (QED) is 0.280. The standard InChI is InChI=1S/C27H27N5O5S/c1-16-11-22(16)27(33)29-17-7-6-8-21(14-17)38(34,35)32-26-25(30-23-9-4-5-10-24(23)31-26)28-18-12-19(36-2)15-20(13-18)37-3/h4-10,12-16,22H,11H2,1-3H3,(H,28,30)(H,29,33)(H,31,32). The molecule has 1 aliphatic rings. The van der Waals surface area contributed by atoms with Crippen molar-refractivity contribution in [1.82, 2.24) is 9.97 Å². The molecule has 11 heteroatoms. The molecular formula is C27H27N5O5S. The van der Waals surface area contributed by atoms with E-state index in [2.05, 4.69) is 25.3 Å². The first-order valence-electron chi connectivity index (χ1n) is 12.0. The number of aromatic nitrogens is 2. The van der Waals surface area contributed by atoms with Crippen molar-refractivity contribution >= 4 is 50.0 Å². The predicted molar refractivity (Wildman–Crippen MR) is 146 cm³/mol. The van der Waals surface area contributed by atoms with E-state index in [4.69, 9.17) is 9.47 Å². The molecule has 0 spiro atoms. The second-order valence-corrected chi connectivity index (χ2v) is 10.8. The van der Waals surface area contributed by atoms with Gasteiger partial charge in [-0.15, -0.1) is 0 Å². The van der Waals surface area contributed by atoms with Gasteiger partial charge in [-0.1, -0.05) is 25.1 Å². The molecule has 1 heterocycles. The lowest BCUT2D eigenvalue weighted by Crippen LogP contribution is -2.17. The number of nitrogens with one attached hydrogen (secondary N) is 3. The first kappa shape index (κ1) is 25.3. The average molecular weight is 534 g/mol. The van der Waals surface area contributed by atoms with Crippen LogP contribution in [0, 0.1) is 11.8 Å². The molecule has 0 radical (unpaired) electrons. The van der Waals surface area contributed by atoms with Gasteiger partial charge in [0.05, 0.1) is 30.1 Å². The van der Waals surface area contributed by atoms with Crippen molar-refractivity contribution in [3.63, 3.8) is 0 Å². The summed E-state index contributed by atoms with van der Waals surface area (Å²) in [6.45, 7) is 2.01. The summed E-state index contributed by atoms with van der Waals surface area (Å²) in [6, 6.07) is 18.4. The van der Waals surface area contributed by atoms with Gasteiger partial charge in [0, 0.05) is 35.5 Å². The summed E-state index contributed by atoms with van der Waals surface area (Å²) in [7, 11) is -1.01. The molecule has 0 bridgehead atoms. The van der Waals surface area contributed by atoms with Crippen LogP contribution in [0.1, 0.15) is 13.3 Å². The van der Waals surface area contributed by atoms with Gasteiger partial charge >= 0.3 is 0 Å². The third-order valence-electron chi connectivity index (χ3n) is 6.27. The highest BCUT2D eigenvalue weighted by Gasteiger charge is 2.39. The third kappa shape index (κ3) is 5.47. The number of methoxy groups -OCH3 is 2. The first-order valence-corrected chi connectivity index (χ1v) is 13.4. The number of sulfonamides is 1. The van der Waals surface area contributed by atoms with Gasteiger partial charge in [0.1, 0.15) is 11.5 Å². The van der Waals surface area contributed by atoms with E-state index in [1.807, 2.05) is 13.0 Å².